The SMILES string of the molecule is CC(CN1CCCCC1)NCc1cc(-c2cccs2)cs1. The van der Waals surface area contributed by atoms with Gasteiger partial charge in [-0.05, 0) is 55.7 Å². The summed E-state index contributed by atoms with van der Waals surface area (Å²) in [5.41, 5.74) is 1.37. The van der Waals surface area contributed by atoms with Crippen molar-refractivity contribution < 1.29 is 0 Å². The van der Waals surface area contributed by atoms with Crippen molar-refractivity contribution in [1.82, 2.24) is 10.2 Å². The molecule has 21 heavy (non-hydrogen) atoms. The molecule has 0 bridgehead atoms. The van der Waals surface area contributed by atoms with Gasteiger partial charge in [-0.2, -0.15) is 0 Å². The van der Waals surface area contributed by atoms with Gasteiger partial charge in [0.25, 0.3) is 0 Å². The van der Waals surface area contributed by atoms with Gasteiger partial charge in [0.15, 0.2) is 0 Å². The van der Waals surface area contributed by atoms with Crippen LogP contribution in [0.25, 0.3) is 10.4 Å². The van der Waals surface area contributed by atoms with E-state index in [1.165, 1.54) is 54.2 Å². The summed E-state index contributed by atoms with van der Waals surface area (Å²) in [6.07, 6.45) is 4.17. The van der Waals surface area contributed by atoms with Crippen molar-refractivity contribution in [1.29, 1.82) is 0 Å². The van der Waals surface area contributed by atoms with Gasteiger partial charge in [0.2, 0.25) is 0 Å². The molecule has 114 valence electrons. The van der Waals surface area contributed by atoms with Crippen molar-refractivity contribution in [3.63, 3.8) is 0 Å². The molecule has 1 N–H and O–H groups in total. The highest BCUT2D eigenvalue weighted by molar-refractivity contribution is 7.14. The van der Waals surface area contributed by atoms with Crippen LogP contribution < -0.4 is 5.32 Å². The zero-order valence-electron chi connectivity index (χ0n) is 12.7. The lowest BCUT2D eigenvalue weighted by atomic mass is 10.1. The summed E-state index contributed by atoms with van der Waals surface area (Å²) in [5, 5.41) is 8.10. The van der Waals surface area contributed by atoms with Gasteiger partial charge in [-0.1, -0.05) is 12.5 Å². The molecule has 2 aromatic heterocycles. The maximum absolute atomic E-state index is 3.68. The number of piperidine rings is 1. The third-order valence-corrected chi connectivity index (χ3v) is 5.92. The highest BCUT2D eigenvalue weighted by atomic mass is 32.1. The quantitative estimate of drug-likeness (QED) is 0.846. The molecule has 2 nitrogen and oxygen atoms in total. The smallest absolute Gasteiger partial charge is 0.0351 e. The van der Waals surface area contributed by atoms with Crippen LogP contribution in [0.1, 0.15) is 31.1 Å². The van der Waals surface area contributed by atoms with Crippen molar-refractivity contribution in [3.05, 3.63) is 33.8 Å². The van der Waals surface area contributed by atoms with Crippen LogP contribution in [0.2, 0.25) is 0 Å². The number of nitrogens with one attached hydrogen (secondary N) is 1. The molecule has 2 aromatic rings. The standard InChI is InChI=1S/C17H24N2S2/c1-14(12-19-7-3-2-4-8-19)18-11-16-10-15(13-21-16)17-6-5-9-20-17/h5-6,9-10,13-14,18H,2-4,7-8,11-12H2,1H3. The lowest BCUT2D eigenvalue weighted by Crippen LogP contribution is -2.41. The number of hydrogen-bond acceptors (Lipinski definition) is 4. The van der Waals surface area contributed by atoms with E-state index in [0.29, 0.717) is 6.04 Å². The van der Waals surface area contributed by atoms with E-state index in [0.717, 1.165) is 6.54 Å². The third kappa shape index (κ3) is 4.39. The number of nitrogens with zero attached hydrogens (tertiary/aromatic N) is 1. The second-order valence-electron chi connectivity index (χ2n) is 5.92. The van der Waals surface area contributed by atoms with Gasteiger partial charge >= 0.3 is 0 Å². The molecule has 1 atom stereocenters. The monoisotopic (exact) mass is 320 g/mol. The Labute approximate surface area is 135 Å². The number of likely N-dealkylation sites (tertiary alicyclic amines) is 1. The van der Waals surface area contributed by atoms with Crippen LogP contribution >= 0.6 is 22.7 Å². The fraction of sp³-hybridized carbons (Fsp3) is 0.529. The van der Waals surface area contributed by atoms with E-state index in [1.54, 1.807) is 0 Å². The van der Waals surface area contributed by atoms with Crippen molar-refractivity contribution in [2.45, 2.75) is 38.8 Å². The second-order valence-corrected chi connectivity index (χ2v) is 7.87. The Morgan fingerprint density at radius 2 is 2.10 bits per heavy atom. The summed E-state index contributed by atoms with van der Waals surface area (Å²) >= 11 is 3.68. The van der Waals surface area contributed by atoms with Gasteiger partial charge in [-0.25, -0.2) is 0 Å². The van der Waals surface area contributed by atoms with Crippen molar-refractivity contribution in [2.24, 2.45) is 0 Å². The zero-order valence-corrected chi connectivity index (χ0v) is 14.3. The molecule has 1 unspecified atom stereocenters. The number of thiophene rings is 2. The minimum absolute atomic E-state index is 0.565. The zero-order chi connectivity index (χ0) is 14.5. The molecule has 3 rings (SSSR count). The number of hydrogen-bond donors (Lipinski definition) is 1. The Morgan fingerprint density at radius 3 is 2.86 bits per heavy atom. The Kier molecular flexibility index (Phi) is 5.47. The van der Waals surface area contributed by atoms with E-state index in [2.05, 4.69) is 46.1 Å². The van der Waals surface area contributed by atoms with Gasteiger partial charge in [0, 0.05) is 34.4 Å². The van der Waals surface area contributed by atoms with Crippen LogP contribution in [0.5, 0.6) is 0 Å². The molecule has 0 saturated carbocycles. The summed E-state index contributed by atoms with van der Waals surface area (Å²) in [5.74, 6) is 0. The molecule has 1 aliphatic heterocycles. The van der Waals surface area contributed by atoms with Crippen LogP contribution in [0.15, 0.2) is 29.0 Å². The largest absolute Gasteiger partial charge is 0.308 e. The molecule has 0 spiro atoms. The van der Waals surface area contributed by atoms with Gasteiger partial charge < -0.3 is 10.2 Å². The Balaban J connectivity index is 1.46. The van der Waals surface area contributed by atoms with E-state index in [1.807, 2.05) is 22.7 Å². The van der Waals surface area contributed by atoms with E-state index in [4.69, 9.17) is 0 Å². The average Bonchev–Trinajstić information content (AvgIpc) is 3.17. The molecular formula is C17H24N2S2. The molecule has 3 heterocycles. The van der Waals surface area contributed by atoms with E-state index >= 15 is 0 Å². The lowest BCUT2D eigenvalue weighted by molar-refractivity contribution is 0.209. The average molecular weight is 321 g/mol. The Morgan fingerprint density at radius 1 is 1.24 bits per heavy atom. The molecule has 0 radical (unpaired) electrons. The van der Waals surface area contributed by atoms with Crippen LogP contribution in [-0.4, -0.2) is 30.6 Å². The summed E-state index contributed by atoms with van der Waals surface area (Å²) in [7, 11) is 0. The topological polar surface area (TPSA) is 15.3 Å². The second kappa shape index (κ2) is 7.54. The van der Waals surface area contributed by atoms with Crippen LogP contribution in [0, 0.1) is 0 Å². The summed E-state index contributed by atoms with van der Waals surface area (Å²) in [6, 6.07) is 7.21. The molecule has 1 fully saturated rings. The Hall–Kier alpha value is -0.680. The van der Waals surface area contributed by atoms with Crippen molar-refractivity contribution in [3.8, 4) is 10.4 Å². The molecule has 0 aromatic carbocycles. The normalized spacial score (nSPS) is 18.0. The fourth-order valence-corrected chi connectivity index (χ4v) is 4.54. The van der Waals surface area contributed by atoms with Crippen LogP contribution in [-0.2, 0) is 6.54 Å². The third-order valence-electron chi connectivity index (χ3n) is 4.06. The minimum atomic E-state index is 0.565. The van der Waals surface area contributed by atoms with Crippen LogP contribution in [0.3, 0.4) is 0 Å². The molecule has 0 amide bonds. The maximum atomic E-state index is 3.68. The molecule has 4 heteroatoms. The highest BCUT2D eigenvalue weighted by Gasteiger charge is 2.13. The lowest BCUT2D eigenvalue weighted by Gasteiger charge is -2.29. The number of rotatable bonds is 6. The fourth-order valence-electron chi connectivity index (χ4n) is 2.91. The van der Waals surface area contributed by atoms with Gasteiger partial charge in [0.1, 0.15) is 0 Å². The molecular weight excluding hydrogens is 296 g/mol. The van der Waals surface area contributed by atoms with E-state index < -0.39 is 0 Å². The maximum Gasteiger partial charge on any atom is 0.0351 e. The van der Waals surface area contributed by atoms with Gasteiger partial charge in [-0.3, -0.25) is 0 Å². The van der Waals surface area contributed by atoms with Crippen LogP contribution in [0.4, 0.5) is 0 Å². The van der Waals surface area contributed by atoms with Crippen molar-refractivity contribution >= 4 is 22.7 Å². The molecule has 1 saturated heterocycles. The summed E-state index contributed by atoms with van der Waals surface area (Å²) in [4.78, 5) is 5.41. The minimum Gasteiger partial charge on any atom is -0.308 e. The van der Waals surface area contributed by atoms with E-state index in [-0.39, 0.29) is 0 Å². The van der Waals surface area contributed by atoms with E-state index in [9.17, 15) is 0 Å². The first-order valence-corrected chi connectivity index (χ1v) is 9.64. The summed E-state index contributed by atoms with van der Waals surface area (Å²) in [6.45, 7) is 7.05. The summed E-state index contributed by atoms with van der Waals surface area (Å²) < 4.78 is 0. The predicted octanol–water partition coefficient (Wildman–Crippen LogP) is 4.44. The first kappa shape index (κ1) is 15.2. The van der Waals surface area contributed by atoms with Crippen molar-refractivity contribution in [2.75, 3.05) is 19.6 Å². The Bertz CT molecular complexity index is 527. The highest BCUT2D eigenvalue weighted by Crippen LogP contribution is 2.29. The van der Waals surface area contributed by atoms with Gasteiger partial charge in [0.05, 0.1) is 0 Å². The van der Waals surface area contributed by atoms with Gasteiger partial charge in [-0.15, -0.1) is 22.7 Å². The first-order chi connectivity index (χ1) is 10.3. The molecule has 1 aliphatic rings. The first-order valence-electron chi connectivity index (χ1n) is 7.88. The molecule has 0 aliphatic carbocycles. The predicted molar refractivity (Wildman–Crippen MR) is 94.2 cm³/mol.